The van der Waals surface area contributed by atoms with Gasteiger partial charge in [0, 0.05) is 6.42 Å². The van der Waals surface area contributed by atoms with Crippen LogP contribution in [0.5, 0.6) is 0 Å². The van der Waals surface area contributed by atoms with E-state index in [1.807, 2.05) is 30.7 Å². The molecule has 0 aromatic carbocycles. The van der Waals surface area contributed by atoms with Crippen LogP contribution in [-0.4, -0.2) is 23.7 Å². The number of ether oxygens (including phenoxy) is 1. The quantitative estimate of drug-likeness (QED) is 0.617. The van der Waals surface area contributed by atoms with Crippen molar-refractivity contribution in [3.8, 4) is 0 Å². The molecule has 1 unspecified atom stereocenters. The number of esters is 1. The highest BCUT2D eigenvalue weighted by atomic mass is 32.1. The lowest BCUT2D eigenvalue weighted by atomic mass is 9.75. The molecule has 1 aromatic rings. The number of thiophene rings is 1. The van der Waals surface area contributed by atoms with Crippen LogP contribution in [0.3, 0.4) is 0 Å². The van der Waals surface area contributed by atoms with Crippen LogP contribution >= 0.6 is 11.3 Å². The molecule has 1 N–H and O–H groups in total. The SMILES string of the molecule is CCOC(=O)C(Cc1ccsc1)(CC(C)C)C(=O)O. The molecule has 0 aliphatic carbocycles. The molecule has 0 saturated heterocycles. The summed E-state index contributed by atoms with van der Waals surface area (Å²) in [4.78, 5) is 23.9. The maximum absolute atomic E-state index is 12.2. The minimum absolute atomic E-state index is 0.0964. The second-order valence-electron chi connectivity index (χ2n) is 5.01. The molecule has 0 saturated carbocycles. The summed E-state index contributed by atoms with van der Waals surface area (Å²) in [7, 11) is 0. The molecule has 19 heavy (non-hydrogen) atoms. The fourth-order valence-electron chi connectivity index (χ4n) is 2.19. The highest BCUT2D eigenvalue weighted by Crippen LogP contribution is 2.33. The fourth-order valence-corrected chi connectivity index (χ4v) is 2.85. The van der Waals surface area contributed by atoms with Gasteiger partial charge in [0.05, 0.1) is 6.61 Å². The minimum atomic E-state index is -1.48. The van der Waals surface area contributed by atoms with E-state index in [9.17, 15) is 14.7 Å². The molecule has 1 rings (SSSR count). The van der Waals surface area contributed by atoms with Crippen molar-refractivity contribution in [2.75, 3.05) is 6.61 Å². The number of rotatable bonds is 7. The minimum Gasteiger partial charge on any atom is -0.480 e. The van der Waals surface area contributed by atoms with E-state index < -0.39 is 17.4 Å². The smallest absolute Gasteiger partial charge is 0.323 e. The van der Waals surface area contributed by atoms with E-state index in [-0.39, 0.29) is 25.4 Å². The molecule has 0 fully saturated rings. The van der Waals surface area contributed by atoms with Gasteiger partial charge in [-0.1, -0.05) is 13.8 Å². The summed E-state index contributed by atoms with van der Waals surface area (Å²) in [5.74, 6) is -1.65. The third kappa shape index (κ3) is 3.80. The second-order valence-corrected chi connectivity index (χ2v) is 5.79. The lowest BCUT2D eigenvalue weighted by molar-refractivity contribution is -0.170. The maximum Gasteiger partial charge on any atom is 0.323 e. The Kier molecular flexibility index (Phi) is 5.54. The number of hydrogen-bond donors (Lipinski definition) is 1. The molecule has 5 heteroatoms. The highest BCUT2D eigenvalue weighted by Gasteiger charge is 2.48. The van der Waals surface area contributed by atoms with Crippen molar-refractivity contribution in [2.24, 2.45) is 11.3 Å². The number of carboxylic acids is 1. The van der Waals surface area contributed by atoms with Crippen LogP contribution in [0.1, 0.15) is 32.8 Å². The summed E-state index contributed by atoms with van der Waals surface area (Å²) in [6.45, 7) is 5.69. The van der Waals surface area contributed by atoms with Crippen LogP contribution in [0.4, 0.5) is 0 Å². The predicted molar refractivity (Wildman–Crippen MR) is 74.2 cm³/mol. The molecule has 106 valence electrons. The van der Waals surface area contributed by atoms with Crippen molar-refractivity contribution in [1.29, 1.82) is 0 Å². The molecule has 4 nitrogen and oxygen atoms in total. The Hall–Kier alpha value is -1.36. The van der Waals surface area contributed by atoms with Crippen LogP contribution < -0.4 is 0 Å². The average Bonchev–Trinajstić information content (AvgIpc) is 2.80. The third-order valence-electron chi connectivity index (χ3n) is 2.92. The Bertz CT molecular complexity index is 425. The van der Waals surface area contributed by atoms with Crippen molar-refractivity contribution in [3.05, 3.63) is 22.4 Å². The number of aliphatic carboxylic acids is 1. The largest absolute Gasteiger partial charge is 0.480 e. The lowest BCUT2D eigenvalue weighted by Gasteiger charge is -2.28. The van der Waals surface area contributed by atoms with Gasteiger partial charge in [0.1, 0.15) is 0 Å². The summed E-state index contributed by atoms with van der Waals surface area (Å²) in [5.41, 5.74) is -0.619. The Morgan fingerprint density at radius 2 is 2.16 bits per heavy atom. The number of hydrogen-bond acceptors (Lipinski definition) is 4. The first-order chi connectivity index (χ1) is 8.92. The zero-order chi connectivity index (χ0) is 14.5. The van der Waals surface area contributed by atoms with Gasteiger partial charge < -0.3 is 9.84 Å². The number of carbonyl (C=O) groups excluding carboxylic acids is 1. The molecule has 0 aliphatic rings. The van der Waals surface area contributed by atoms with E-state index >= 15 is 0 Å². The Morgan fingerprint density at radius 3 is 2.58 bits per heavy atom. The molecule has 1 heterocycles. The molecule has 0 radical (unpaired) electrons. The van der Waals surface area contributed by atoms with Gasteiger partial charge in [-0.25, -0.2) is 0 Å². The van der Waals surface area contributed by atoms with E-state index in [1.165, 1.54) is 11.3 Å². The molecular formula is C14H20O4S. The summed E-state index contributed by atoms with van der Waals surface area (Å²) in [5, 5.41) is 13.3. The van der Waals surface area contributed by atoms with E-state index in [4.69, 9.17) is 4.74 Å². The standard InChI is InChI=1S/C14H20O4S/c1-4-18-13(17)14(12(15)16,7-10(2)3)8-11-5-6-19-9-11/h5-6,9-10H,4,7-8H2,1-3H3,(H,15,16). The fraction of sp³-hybridized carbons (Fsp3) is 0.571. The Balaban J connectivity index is 3.10. The van der Waals surface area contributed by atoms with Crippen LogP contribution in [0, 0.1) is 11.3 Å². The molecule has 1 atom stereocenters. The summed E-state index contributed by atoms with van der Waals surface area (Å²) in [6.07, 6.45) is 0.458. The van der Waals surface area contributed by atoms with Gasteiger partial charge in [0.25, 0.3) is 0 Å². The zero-order valence-electron chi connectivity index (χ0n) is 11.5. The van der Waals surface area contributed by atoms with Crippen molar-refractivity contribution in [2.45, 2.75) is 33.6 Å². The van der Waals surface area contributed by atoms with Gasteiger partial charge >= 0.3 is 11.9 Å². The van der Waals surface area contributed by atoms with Crippen molar-refractivity contribution < 1.29 is 19.4 Å². The van der Waals surface area contributed by atoms with Gasteiger partial charge in [0.2, 0.25) is 0 Å². The molecule has 0 spiro atoms. The highest BCUT2D eigenvalue weighted by molar-refractivity contribution is 7.07. The van der Waals surface area contributed by atoms with Gasteiger partial charge in [0.15, 0.2) is 5.41 Å². The first kappa shape index (κ1) is 15.7. The predicted octanol–water partition coefficient (Wildman–Crippen LogP) is 2.97. The number of carboxylic acid groups (broad SMARTS) is 1. The lowest BCUT2D eigenvalue weighted by Crippen LogP contribution is -2.43. The first-order valence-corrected chi connectivity index (χ1v) is 7.28. The van der Waals surface area contributed by atoms with Crippen LogP contribution in [-0.2, 0) is 20.7 Å². The Labute approximate surface area is 117 Å². The third-order valence-corrected chi connectivity index (χ3v) is 3.65. The Morgan fingerprint density at radius 1 is 1.47 bits per heavy atom. The van der Waals surface area contributed by atoms with Gasteiger partial charge in [-0.05, 0) is 41.7 Å². The molecule has 0 amide bonds. The first-order valence-electron chi connectivity index (χ1n) is 6.34. The van der Waals surface area contributed by atoms with E-state index in [0.29, 0.717) is 0 Å². The van der Waals surface area contributed by atoms with E-state index in [0.717, 1.165) is 5.56 Å². The van der Waals surface area contributed by atoms with Crippen LogP contribution in [0.25, 0.3) is 0 Å². The van der Waals surface area contributed by atoms with Crippen LogP contribution in [0.2, 0.25) is 0 Å². The molecule has 1 aromatic heterocycles. The maximum atomic E-state index is 12.2. The number of carbonyl (C=O) groups is 2. The van der Waals surface area contributed by atoms with Gasteiger partial charge in [-0.3, -0.25) is 9.59 Å². The van der Waals surface area contributed by atoms with Crippen molar-refractivity contribution >= 4 is 23.3 Å². The van der Waals surface area contributed by atoms with E-state index in [2.05, 4.69) is 0 Å². The van der Waals surface area contributed by atoms with Crippen molar-refractivity contribution in [1.82, 2.24) is 0 Å². The van der Waals surface area contributed by atoms with Gasteiger partial charge in [-0.15, -0.1) is 0 Å². The zero-order valence-corrected chi connectivity index (χ0v) is 12.3. The normalized spacial score (nSPS) is 14.1. The monoisotopic (exact) mass is 284 g/mol. The summed E-state index contributed by atoms with van der Waals surface area (Å²) >= 11 is 1.49. The van der Waals surface area contributed by atoms with Crippen molar-refractivity contribution in [3.63, 3.8) is 0 Å². The average molecular weight is 284 g/mol. The second kappa shape index (κ2) is 6.70. The van der Waals surface area contributed by atoms with Crippen LogP contribution in [0.15, 0.2) is 16.8 Å². The molecule has 0 bridgehead atoms. The topological polar surface area (TPSA) is 63.6 Å². The summed E-state index contributed by atoms with van der Waals surface area (Å²) in [6, 6.07) is 1.85. The summed E-state index contributed by atoms with van der Waals surface area (Å²) < 4.78 is 5.00. The van der Waals surface area contributed by atoms with E-state index in [1.54, 1.807) is 6.92 Å². The molecular weight excluding hydrogens is 264 g/mol. The van der Waals surface area contributed by atoms with Gasteiger partial charge in [-0.2, -0.15) is 11.3 Å². The molecule has 0 aliphatic heterocycles.